The van der Waals surface area contributed by atoms with Crippen LogP contribution in [0, 0.1) is 25.2 Å². The number of likely N-dealkylation sites (N-methyl/N-ethyl adjacent to an activating group) is 1. The summed E-state index contributed by atoms with van der Waals surface area (Å²) in [6.45, 7) is 4.85. The molecule has 0 aliphatic carbocycles. The zero-order valence-electron chi connectivity index (χ0n) is 10.7. The smallest absolute Gasteiger partial charge is 0.145 e. The Bertz CT molecular complexity index is 462. The summed E-state index contributed by atoms with van der Waals surface area (Å²) < 4.78 is 5.84. The maximum absolute atomic E-state index is 8.66. The van der Waals surface area contributed by atoms with Gasteiger partial charge < -0.3 is 9.64 Å². The van der Waals surface area contributed by atoms with Gasteiger partial charge in [-0.05, 0) is 37.5 Å². The number of aryl methyl sites for hydroxylation is 2. The number of nitrogens with zero attached hydrogens (tertiary/aromatic N) is 2. The molecule has 0 saturated heterocycles. The number of hydrogen-bond donors (Lipinski definition) is 0. The lowest BCUT2D eigenvalue weighted by Crippen LogP contribution is -2.40. The van der Waals surface area contributed by atoms with Crippen LogP contribution in [0.2, 0.25) is 0 Å². The van der Waals surface area contributed by atoms with Crippen molar-refractivity contribution in [3.63, 3.8) is 0 Å². The van der Waals surface area contributed by atoms with Gasteiger partial charge in [-0.1, -0.05) is 6.07 Å². The van der Waals surface area contributed by atoms with Gasteiger partial charge >= 0.3 is 0 Å². The molecule has 1 unspecified atom stereocenters. The second-order valence-electron chi connectivity index (χ2n) is 4.70. The number of rotatable bonds is 2. The minimum absolute atomic E-state index is 0.309. The van der Waals surface area contributed by atoms with E-state index in [0.29, 0.717) is 19.1 Å². The first kappa shape index (κ1) is 11.8. The van der Waals surface area contributed by atoms with Gasteiger partial charge in [-0.2, -0.15) is 5.26 Å². The van der Waals surface area contributed by atoms with E-state index in [0.717, 1.165) is 17.9 Å². The third-order valence-corrected chi connectivity index (χ3v) is 3.34. The van der Waals surface area contributed by atoms with Crippen molar-refractivity contribution < 1.29 is 4.74 Å². The summed E-state index contributed by atoms with van der Waals surface area (Å²) in [5.74, 6) is 0.992. The molecule has 0 aromatic heterocycles. The molecular formula is C14H18N2O. The summed E-state index contributed by atoms with van der Waals surface area (Å²) in [5.41, 5.74) is 3.58. The van der Waals surface area contributed by atoms with Crippen molar-refractivity contribution in [2.24, 2.45) is 0 Å². The number of fused-ring (bicyclic) bond motifs is 1. The van der Waals surface area contributed by atoms with Gasteiger partial charge in [-0.15, -0.1) is 0 Å². The standard InChI is InChI=1S/C14H18N2O/c1-10-7-11(2)14-13(8-10)16(3)12(9-17-14)5-4-6-15/h7-8,12H,4-5,9H2,1-3H3. The summed E-state index contributed by atoms with van der Waals surface area (Å²) >= 11 is 0. The highest BCUT2D eigenvalue weighted by Crippen LogP contribution is 2.37. The van der Waals surface area contributed by atoms with Gasteiger partial charge in [-0.3, -0.25) is 0 Å². The topological polar surface area (TPSA) is 36.3 Å². The molecule has 0 radical (unpaired) electrons. The molecule has 1 aromatic rings. The van der Waals surface area contributed by atoms with Crippen molar-refractivity contribution in [1.82, 2.24) is 0 Å². The second-order valence-corrected chi connectivity index (χ2v) is 4.70. The van der Waals surface area contributed by atoms with E-state index in [1.165, 1.54) is 11.1 Å². The quantitative estimate of drug-likeness (QED) is 0.783. The molecule has 0 N–H and O–H groups in total. The molecule has 0 spiro atoms. The highest BCUT2D eigenvalue weighted by Gasteiger charge is 2.25. The third kappa shape index (κ3) is 2.21. The van der Waals surface area contributed by atoms with E-state index in [1.54, 1.807) is 0 Å². The maximum Gasteiger partial charge on any atom is 0.145 e. The van der Waals surface area contributed by atoms with Gasteiger partial charge in [0.2, 0.25) is 0 Å². The lowest BCUT2D eigenvalue weighted by atomic mass is 10.0. The van der Waals surface area contributed by atoms with Gasteiger partial charge in [-0.25, -0.2) is 0 Å². The molecule has 1 aliphatic heterocycles. The molecule has 0 saturated carbocycles. The Morgan fingerprint density at radius 1 is 1.47 bits per heavy atom. The number of anilines is 1. The van der Waals surface area contributed by atoms with Crippen LogP contribution in [-0.4, -0.2) is 19.7 Å². The molecule has 90 valence electrons. The third-order valence-electron chi connectivity index (χ3n) is 3.34. The summed E-state index contributed by atoms with van der Waals surface area (Å²) in [6.07, 6.45) is 1.44. The molecule has 1 aliphatic rings. The van der Waals surface area contributed by atoms with Crippen LogP contribution in [0.5, 0.6) is 5.75 Å². The average molecular weight is 230 g/mol. The van der Waals surface area contributed by atoms with E-state index in [1.807, 2.05) is 0 Å². The number of hydrogen-bond acceptors (Lipinski definition) is 3. The summed E-state index contributed by atoms with van der Waals surface area (Å²) in [7, 11) is 2.09. The van der Waals surface area contributed by atoms with Gasteiger partial charge in [0.25, 0.3) is 0 Å². The predicted octanol–water partition coefficient (Wildman–Crippen LogP) is 2.80. The van der Waals surface area contributed by atoms with Crippen molar-refractivity contribution in [3.05, 3.63) is 23.3 Å². The first-order chi connectivity index (χ1) is 8.13. The summed E-state index contributed by atoms with van der Waals surface area (Å²) in [4.78, 5) is 2.25. The lowest BCUT2D eigenvalue weighted by Gasteiger charge is -2.36. The molecular weight excluding hydrogens is 212 g/mol. The Morgan fingerprint density at radius 3 is 2.94 bits per heavy atom. The van der Waals surface area contributed by atoms with E-state index < -0.39 is 0 Å². The molecule has 0 bridgehead atoms. The number of ether oxygens (including phenoxy) is 1. The normalized spacial score (nSPS) is 18.2. The fourth-order valence-corrected chi connectivity index (χ4v) is 2.38. The Morgan fingerprint density at radius 2 is 2.24 bits per heavy atom. The summed E-state index contributed by atoms with van der Waals surface area (Å²) in [6, 6.07) is 6.80. The van der Waals surface area contributed by atoms with Crippen molar-refractivity contribution in [2.45, 2.75) is 32.7 Å². The van der Waals surface area contributed by atoms with Crippen molar-refractivity contribution >= 4 is 5.69 Å². The van der Waals surface area contributed by atoms with Crippen LogP contribution in [0.15, 0.2) is 12.1 Å². The van der Waals surface area contributed by atoms with Gasteiger partial charge in [0.15, 0.2) is 0 Å². The maximum atomic E-state index is 8.66. The highest BCUT2D eigenvalue weighted by atomic mass is 16.5. The largest absolute Gasteiger partial charge is 0.489 e. The van der Waals surface area contributed by atoms with Crippen molar-refractivity contribution in [2.75, 3.05) is 18.6 Å². The van der Waals surface area contributed by atoms with Gasteiger partial charge in [0.1, 0.15) is 12.4 Å². The molecule has 1 aromatic carbocycles. The fourth-order valence-electron chi connectivity index (χ4n) is 2.38. The fraction of sp³-hybridized carbons (Fsp3) is 0.500. The van der Waals surface area contributed by atoms with E-state index >= 15 is 0 Å². The number of benzene rings is 1. The van der Waals surface area contributed by atoms with Crippen LogP contribution in [0.1, 0.15) is 24.0 Å². The Balaban J connectivity index is 2.29. The SMILES string of the molecule is Cc1cc(C)c2c(c1)N(C)C(CCC#N)CO2. The van der Waals surface area contributed by atoms with Crippen molar-refractivity contribution in [1.29, 1.82) is 5.26 Å². The molecule has 0 fully saturated rings. The van der Waals surface area contributed by atoms with Gasteiger partial charge in [0, 0.05) is 13.5 Å². The Labute approximate surface area is 103 Å². The summed E-state index contributed by atoms with van der Waals surface area (Å²) in [5, 5.41) is 8.66. The Kier molecular flexibility index (Phi) is 3.23. The molecule has 1 heterocycles. The molecule has 2 rings (SSSR count). The van der Waals surface area contributed by atoms with Crippen LogP contribution in [-0.2, 0) is 0 Å². The van der Waals surface area contributed by atoms with Crippen molar-refractivity contribution in [3.8, 4) is 11.8 Å². The first-order valence-electron chi connectivity index (χ1n) is 5.97. The van der Waals surface area contributed by atoms with Crippen LogP contribution in [0.25, 0.3) is 0 Å². The number of nitriles is 1. The predicted molar refractivity (Wildman–Crippen MR) is 68.4 cm³/mol. The molecule has 0 amide bonds. The average Bonchev–Trinajstić information content (AvgIpc) is 2.29. The zero-order chi connectivity index (χ0) is 12.4. The van der Waals surface area contributed by atoms with E-state index in [2.05, 4.69) is 44.0 Å². The highest BCUT2D eigenvalue weighted by molar-refractivity contribution is 5.64. The molecule has 3 heteroatoms. The molecule has 17 heavy (non-hydrogen) atoms. The first-order valence-corrected chi connectivity index (χ1v) is 5.97. The molecule has 1 atom stereocenters. The Hall–Kier alpha value is -1.69. The monoisotopic (exact) mass is 230 g/mol. The zero-order valence-corrected chi connectivity index (χ0v) is 10.7. The molecule has 3 nitrogen and oxygen atoms in total. The minimum atomic E-state index is 0.309. The van der Waals surface area contributed by atoms with E-state index in [4.69, 9.17) is 10.00 Å². The van der Waals surface area contributed by atoms with Crippen LogP contribution < -0.4 is 9.64 Å². The second kappa shape index (κ2) is 4.67. The van der Waals surface area contributed by atoms with E-state index in [9.17, 15) is 0 Å². The minimum Gasteiger partial charge on any atom is -0.489 e. The van der Waals surface area contributed by atoms with Crippen LogP contribution >= 0.6 is 0 Å². The van der Waals surface area contributed by atoms with Crippen LogP contribution in [0.4, 0.5) is 5.69 Å². The van der Waals surface area contributed by atoms with Gasteiger partial charge in [0.05, 0.1) is 17.8 Å². The van der Waals surface area contributed by atoms with Crippen LogP contribution in [0.3, 0.4) is 0 Å². The van der Waals surface area contributed by atoms with E-state index in [-0.39, 0.29) is 0 Å². The lowest BCUT2D eigenvalue weighted by molar-refractivity contribution is 0.259.